The first-order chi connectivity index (χ1) is 17.1. The van der Waals surface area contributed by atoms with Gasteiger partial charge in [-0.3, -0.25) is 4.98 Å². The molecule has 1 saturated carbocycles. The van der Waals surface area contributed by atoms with Crippen LogP contribution in [0.4, 0.5) is 22.4 Å². The van der Waals surface area contributed by atoms with E-state index in [2.05, 4.69) is 10.3 Å². The van der Waals surface area contributed by atoms with E-state index in [1.807, 2.05) is 6.07 Å². The zero-order chi connectivity index (χ0) is 25.9. The number of pyridine rings is 1. The Hall–Kier alpha value is -3.13. The molecule has 2 aromatic carbocycles. The molecule has 1 aliphatic rings. The lowest BCUT2D eigenvalue weighted by Crippen LogP contribution is -2.54. The molecular weight excluding hydrogens is 494 g/mol. The fourth-order valence-electron chi connectivity index (χ4n) is 4.78. The number of alkyl halides is 3. The fourth-order valence-corrected chi connectivity index (χ4v) is 4.89. The normalized spacial score (nSPS) is 15.9. The summed E-state index contributed by atoms with van der Waals surface area (Å²) in [6, 6.07) is 13.9. The van der Waals surface area contributed by atoms with E-state index < -0.39 is 29.1 Å². The predicted molar refractivity (Wildman–Crippen MR) is 130 cm³/mol. The maximum absolute atomic E-state index is 14.7. The summed E-state index contributed by atoms with van der Waals surface area (Å²) in [5.74, 6) is -1.07. The first-order valence-corrected chi connectivity index (χ1v) is 12.1. The third kappa shape index (κ3) is 5.64. The second kappa shape index (κ2) is 10.5. The molecule has 1 atom stereocenters. The molecule has 2 amide bonds. The van der Waals surface area contributed by atoms with Crippen LogP contribution >= 0.6 is 11.6 Å². The van der Waals surface area contributed by atoms with Crippen LogP contribution in [0.2, 0.25) is 5.02 Å². The second-order valence-electron chi connectivity index (χ2n) is 9.14. The number of nitrogens with zero attached hydrogens (tertiary/aromatic N) is 2. The highest BCUT2D eigenvalue weighted by molar-refractivity contribution is 6.30. The molecule has 9 heteroatoms. The Bertz CT molecular complexity index is 1200. The number of halogens is 5. The number of carbonyl (C=O) groups is 1. The molecule has 1 fully saturated rings. The van der Waals surface area contributed by atoms with E-state index in [0.717, 1.165) is 43.4 Å². The maximum Gasteiger partial charge on any atom is 0.416 e. The Morgan fingerprint density at radius 2 is 1.72 bits per heavy atom. The van der Waals surface area contributed by atoms with E-state index in [9.17, 15) is 22.4 Å². The van der Waals surface area contributed by atoms with Crippen molar-refractivity contribution in [3.8, 4) is 0 Å². The lowest BCUT2D eigenvalue weighted by molar-refractivity contribution is -0.137. The molecule has 4 nitrogen and oxygen atoms in total. The van der Waals surface area contributed by atoms with Crippen LogP contribution in [0.25, 0.3) is 0 Å². The Balaban J connectivity index is 1.91. The molecular formula is C27H26ClF4N3O. The highest BCUT2D eigenvalue weighted by Crippen LogP contribution is 2.38. The highest BCUT2D eigenvalue weighted by atomic mass is 35.5. The minimum Gasteiger partial charge on any atom is -0.325 e. The van der Waals surface area contributed by atoms with E-state index in [-0.39, 0.29) is 23.7 Å². The molecule has 3 aromatic rings. The van der Waals surface area contributed by atoms with Crippen LogP contribution in [0.1, 0.15) is 48.1 Å². The van der Waals surface area contributed by atoms with Gasteiger partial charge in [0.25, 0.3) is 0 Å². The Labute approximate surface area is 212 Å². The smallest absolute Gasteiger partial charge is 0.325 e. The lowest BCUT2D eigenvalue weighted by atomic mass is 9.79. The van der Waals surface area contributed by atoms with Crippen molar-refractivity contribution in [2.45, 2.75) is 49.9 Å². The molecule has 36 heavy (non-hydrogen) atoms. The maximum atomic E-state index is 14.7. The second-order valence-corrected chi connectivity index (χ2v) is 9.57. The van der Waals surface area contributed by atoms with Gasteiger partial charge < -0.3 is 10.2 Å². The van der Waals surface area contributed by atoms with Crippen LogP contribution in [0.15, 0.2) is 66.9 Å². The van der Waals surface area contributed by atoms with Crippen molar-refractivity contribution < 1.29 is 22.4 Å². The monoisotopic (exact) mass is 519 g/mol. The van der Waals surface area contributed by atoms with Gasteiger partial charge in [0.2, 0.25) is 0 Å². The topological polar surface area (TPSA) is 45.2 Å². The van der Waals surface area contributed by atoms with Crippen molar-refractivity contribution in [1.82, 2.24) is 15.2 Å². The summed E-state index contributed by atoms with van der Waals surface area (Å²) in [7, 11) is 1.67. The molecule has 0 saturated heterocycles. The summed E-state index contributed by atoms with van der Waals surface area (Å²) in [5, 5.41) is 3.28. The largest absolute Gasteiger partial charge is 0.416 e. The van der Waals surface area contributed by atoms with Gasteiger partial charge in [-0.15, -0.1) is 0 Å². The van der Waals surface area contributed by atoms with Crippen LogP contribution in [-0.2, 0) is 18.1 Å². The van der Waals surface area contributed by atoms with Crippen LogP contribution in [0, 0.1) is 5.82 Å². The van der Waals surface area contributed by atoms with Crippen molar-refractivity contribution in [2.75, 3.05) is 7.05 Å². The molecule has 1 aliphatic carbocycles. The Morgan fingerprint density at radius 3 is 2.33 bits per heavy atom. The number of aromatic nitrogens is 1. The third-order valence-electron chi connectivity index (χ3n) is 6.71. The van der Waals surface area contributed by atoms with E-state index in [0.29, 0.717) is 11.1 Å². The standard InChI is InChI=1S/C27H26ClF4N3O/c1-35(23-9-5-6-10-23)25(36)34-26(16-18-7-3-2-4-8-18,24-12-11-21(28)17-33-24)19-13-20(27(30,31)32)15-22(29)14-19/h2-4,7-8,11-15,17,23H,5-6,9-10,16H2,1H3,(H,34,36)/t26-/m0/s1. The fraction of sp³-hybridized carbons (Fsp3) is 0.333. The van der Waals surface area contributed by atoms with Gasteiger partial charge in [-0.1, -0.05) is 54.8 Å². The average Bonchev–Trinajstić information content (AvgIpc) is 3.38. The Morgan fingerprint density at radius 1 is 1.06 bits per heavy atom. The summed E-state index contributed by atoms with van der Waals surface area (Å²) in [5.41, 5.74) is -1.87. The summed E-state index contributed by atoms with van der Waals surface area (Å²) in [6.45, 7) is 0. The van der Waals surface area contributed by atoms with E-state index in [1.54, 1.807) is 48.3 Å². The third-order valence-corrected chi connectivity index (χ3v) is 6.93. The van der Waals surface area contributed by atoms with E-state index >= 15 is 0 Å². The zero-order valence-electron chi connectivity index (χ0n) is 19.7. The number of amides is 2. The summed E-state index contributed by atoms with van der Waals surface area (Å²) in [6.07, 6.45) is 0.276. The van der Waals surface area contributed by atoms with Gasteiger partial charge >= 0.3 is 12.2 Å². The van der Waals surface area contributed by atoms with E-state index in [4.69, 9.17) is 11.6 Å². The van der Waals surface area contributed by atoms with Crippen LogP contribution in [-0.4, -0.2) is 29.0 Å². The van der Waals surface area contributed by atoms with Crippen molar-refractivity contribution in [1.29, 1.82) is 0 Å². The number of urea groups is 1. The molecule has 190 valence electrons. The van der Waals surface area contributed by atoms with Gasteiger partial charge in [0, 0.05) is 25.7 Å². The summed E-state index contributed by atoms with van der Waals surface area (Å²) >= 11 is 6.05. The van der Waals surface area contributed by atoms with Crippen molar-refractivity contribution in [2.24, 2.45) is 0 Å². The number of hydrogen-bond acceptors (Lipinski definition) is 2. The number of hydrogen-bond donors (Lipinski definition) is 1. The van der Waals surface area contributed by atoms with Gasteiger partial charge in [0.05, 0.1) is 16.3 Å². The van der Waals surface area contributed by atoms with Crippen molar-refractivity contribution in [3.05, 3.63) is 100 Å². The predicted octanol–water partition coefficient (Wildman–Crippen LogP) is 6.96. The van der Waals surface area contributed by atoms with Gasteiger partial charge in [-0.2, -0.15) is 13.2 Å². The molecule has 0 unspecified atom stereocenters. The SMILES string of the molecule is CN(C(=O)N[C@@](Cc1ccccc1)(c1cc(F)cc(C(F)(F)F)c1)c1ccc(Cl)cn1)C1CCCC1. The van der Waals surface area contributed by atoms with E-state index in [1.165, 1.54) is 6.20 Å². The van der Waals surface area contributed by atoms with Crippen LogP contribution < -0.4 is 5.32 Å². The molecule has 1 heterocycles. The van der Waals surface area contributed by atoms with Gasteiger partial charge in [-0.05, 0) is 54.3 Å². The molecule has 1 N–H and O–H groups in total. The summed E-state index contributed by atoms with van der Waals surface area (Å²) < 4.78 is 55.8. The number of nitrogens with one attached hydrogen (secondary N) is 1. The average molecular weight is 520 g/mol. The number of carbonyl (C=O) groups excluding carboxylic acids is 1. The van der Waals surface area contributed by atoms with Crippen LogP contribution in [0.3, 0.4) is 0 Å². The zero-order valence-corrected chi connectivity index (χ0v) is 20.4. The minimum atomic E-state index is -4.78. The quantitative estimate of drug-likeness (QED) is 0.358. The van der Waals surface area contributed by atoms with Crippen molar-refractivity contribution >= 4 is 17.6 Å². The molecule has 0 spiro atoms. The minimum absolute atomic E-state index is 0.0100. The molecule has 4 rings (SSSR count). The van der Waals surface area contributed by atoms with Gasteiger partial charge in [0.1, 0.15) is 11.4 Å². The highest BCUT2D eigenvalue weighted by Gasteiger charge is 2.42. The summed E-state index contributed by atoms with van der Waals surface area (Å²) in [4.78, 5) is 19.5. The molecule has 0 bridgehead atoms. The molecule has 1 aromatic heterocycles. The molecule has 0 radical (unpaired) electrons. The lowest BCUT2D eigenvalue weighted by Gasteiger charge is -2.38. The van der Waals surface area contributed by atoms with Gasteiger partial charge in [0.15, 0.2) is 0 Å². The number of benzene rings is 2. The Kier molecular flexibility index (Phi) is 7.54. The van der Waals surface area contributed by atoms with Gasteiger partial charge in [-0.25, -0.2) is 9.18 Å². The first-order valence-electron chi connectivity index (χ1n) is 11.7. The van der Waals surface area contributed by atoms with Crippen molar-refractivity contribution in [3.63, 3.8) is 0 Å². The van der Waals surface area contributed by atoms with Crippen LogP contribution in [0.5, 0.6) is 0 Å². The number of rotatable bonds is 6. The first kappa shape index (κ1) is 25.9. The molecule has 0 aliphatic heterocycles.